The van der Waals surface area contributed by atoms with E-state index in [0.29, 0.717) is 0 Å². The molecule has 0 bridgehead atoms. The lowest BCUT2D eigenvalue weighted by Crippen LogP contribution is -2.18. The normalized spacial score (nSPS) is 11.4. The number of carbonyl (C=O) groups is 2. The number of hydrogen-bond acceptors (Lipinski definition) is 4. The second kappa shape index (κ2) is 10.8. The number of carboxylic acids is 2. The highest BCUT2D eigenvalue weighted by Crippen LogP contribution is 2.27. The molecule has 0 heterocycles. The van der Waals surface area contributed by atoms with Crippen molar-refractivity contribution in [3.8, 4) is 5.75 Å². The van der Waals surface area contributed by atoms with E-state index >= 15 is 0 Å². The number of aliphatic carboxylic acids is 2. The SMILES string of the molecule is CN(C)CCC(Oc1ccc2ccccc2c1)c1ccccc1.O=C(O)C(=O)O. The van der Waals surface area contributed by atoms with Crippen molar-refractivity contribution >= 4 is 22.7 Å². The van der Waals surface area contributed by atoms with Crippen LogP contribution in [0.25, 0.3) is 10.8 Å². The van der Waals surface area contributed by atoms with Crippen LogP contribution in [0.4, 0.5) is 0 Å². The number of hydrogen-bond donors (Lipinski definition) is 2. The van der Waals surface area contributed by atoms with Gasteiger partial charge in [-0.05, 0) is 42.6 Å². The quantitative estimate of drug-likeness (QED) is 0.612. The highest BCUT2D eigenvalue weighted by Gasteiger charge is 2.14. The average Bonchev–Trinajstić information content (AvgIpc) is 2.72. The Bertz CT molecular complexity index is 928. The van der Waals surface area contributed by atoms with Crippen LogP contribution in [0.1, 0.15) is 18.1 Å². The van der Waals surface area contributed by atoms with E-state index < -0.39 is 11.9 Å². The summed E-state index contributed by atoms with van der Waals surface area (Å²) in [5, 5.41) is 17.2. The van der Waals surface area contributed by atoms with Gasteiger partial charge in [0, 0.05) is 13.0 Å². The Labute approximate surface area is 170 Å². The third-order valence-corrected chi connectivity index (χ3v) is 4.19. The van der Waals surface area contributed by atoms with Crippen molar-refractivity contribution in [2.75, 3.05) is 20.6 Å². The van der Waals surface area contributed by atoms with Gasteiger partial charge in [-0.2, -0.15) is 0 Å². The Balaban J connectivity index is 0.000000438. The zero-order chi connectivity index (χ0) is 21.2. The third-order valence-electron chi connectivity index (χ3n) is 4.19. The molecule has 0 spiro atoms. The van der Waals surface area contributed by atoms with E-state index in [2.05, 4.69) is 85.7 Å². The summed E-state index contributed by atoms with van der Waals surface area (Å²) < 4.78 is 6.33. The topological polar surface area (TPSA) is 87.1 Å². The number of carboxylic acid groups (broad SMARTS) is 2. The fraction of sp³-hybridized carbons (Fsp3) is 0.217. The van der Waals surface area contributed by atoms with Gasteiger partial charge in [-0.15, -0.1) is 0 Å². The molecule has 1 atom stereocenters. The van der Waals surface area contributed by atoms with Gasteiger partial charge >= 0.3 is 11.9 Å². The molecule has 0 saturated carbocycles. The minimum Gasteiger partial charge on any atom is -0.486 e. The van der Waals surface area contributed by atoms with Crippen LogP contribution in [0.3, 0.4) is 0 Å². The Morgan fingerprint density at radius 2 is 1.45 bits per heavy atom. The maximum atomic E-state index is 9.10. The number of fused-ring (bicyclic) bond motifs is 1. The molecule has 0 aliphatic carbocycles. The van der Waals surface area contributed by atoms with Gasteiger partial charge in [0.25, 0.3) is 0 Å². The van der Waals surface area contributed by atoms with Crippen molar-refractivity contribution in [1.82, 2.24) is 4.90 Å². The summed E-state index contributed by atoms with van der Waals surface area (Å²) in [6.45, 7) is 0.993. The van der Waals surface area contributed by atoms with Crippen molar-refractivity contribution in [1.29, 1.82) is 0 Å². The van der Waals surface area contributed by atoms with E-state index in [1.165, 1.54) is 16.3 Å². The van der Waals surface area contributed by atoms with Crippen molar-refractivity contribution in [2.45, 2.75) is 12.5 Å². The fourth-order valence-corrected chi connectivity index (χ4v) is 2.74. The highest BCUT2D eigenvalue weighted by molar-refractivity contribution is 6.27. The average molecular weight is 395 g/mol. The molecule has 0 fully saturated rings. The van der Waals surface area contributed by atoms with Crippen molar-refractivity contribution in [3.05, 3.63) is 78.4 Å². The lowest BCUT2D eigenvalue weighted by Gasteiger charge is -2.21. The van der Waals surface area contributed by atoms with Crippen LogP contribution in [-0.2, 0) is 9.59 Å². The largest absolute Gasteiger partial charge is 0.486 e. The lowest BCUT2D eigenvalue weighted by molar-refractivity contribution is -0.159. The minimum atomic E-state index is -1.82. The van der Waals surface area contributed by atoms with Gasteiger partial charge < -0.3 is 19.8 Å². The van der Waals surface area contributed by atoms with E-state index in [-0.39, 0.29) is 6.10 Å². The molecule has 1 unspecified atom stereocenters. The predicted octanol–water partition coefficient (Wildman–Crippen LogP) is 4.07. The van der Waals surface area contributed by atoms with Crippen LogP contribution in [0.5, 0.6) is 5.75 Å². The maximum Gasteiger partial charge on any atom is 0.414 e. The van der Waals surface area contributed by atoms with Crippen LogP contribution in [0.15, 0.2) is 72.8 Å². The molecule has 0 saturated heterocycles. The Kier molecular flexibility index (Phi) is 8.18. The molecule has 0 aromatic heterocycles. The molecule has 3 aromatic rings. The lowest BCUT2D eigenvalue weighted by atomic mass is 10.1. The minimum absolute atomic E-state index is 0.0692. The van der Waals surface area contributed by atoms with Crippen molar-refractivity contribution < 1.29 is 24.5 Å². The number of rotatable bonds is 6. The Morgan fingerprint density at radius 1 is 0.862 bits per heavy atom. The molecule has 0 amide bonds. The summed E-state index contributed by atoms with van der Waals surface area (Å²) in [6, 6.07) is 25.2. The summed E-state index contributed by atoms with van der Waals surface area (Å²) >= 11 is 0. The molecule has 2 N–H and O–H groups in total. The summed E-state index contributed by atoms with van der Waals surface area (Å²) in [5.41, 5.74) is 1.22. The Hall–Kier alpha value is -3.38. The molecule has 6 heteroatoms. The molecule has 29 heavy (non-hydrogen) atoms. The first-order valence-electron chi connectivity index (χ1n) is 9.18. The fourth-order valence-electron chi connectivity index (χ4n) is 2.74. The van der Waals surface area contributed by atoms with Crippen LogP contribution >= 0.6 is 0 Å². The smallest absolute Gasteiger partial charge is 0.414 e. The zero-order valence-corrected chi connectivity index (χ0v) is 16.5. The molecular formula is C23H25NO5. The van der Waals surface area contributed by atoms with Gasteiger partial charge in [0.2, 0.25) is 0 Å². The van der Waals surface area contributed by atoms with E-state index in [1.807, 2.05) is 6.07 Å². The molecule has 6 nitrogen and oxygen atoms in total. The predicted molar refractivity (Wildman–Crippen MR) is 112 cm³/mol. The monoisotopic (exact) mass is 395 g/mol. The van der Waals surface area contributed by atoms with Crippen molar-refractivity contribution in [2.24, 2.45) is 0 Å². The first-order valence-corrected chi connectivity index (χ1v) is 9.18. The molecule has 3 aromatic carbocycles. The van der Waals surface area contributed by atoms with Crippen LogP contribution in [-0.4, -0.2) is 47.7 Å². The standard InChI is InChI=1S/C21H23NO.C2H2O4/c1-22(2)15-14-21(18-9-4-3-5-10-18)23-20-13-12-17-8-6-7-11-19(17)16-20;3-1(4)2(5)6/h3-13,16,21H,14-15H2,1-2H3;(H,3,4)(H,5,6). The summed E-state index contributed by atoms with van der Waals surface area (Å²) in [6.07, 6.45) is 1.03. The first kappa shape index (κ1) is 21.9. The molecule has 0 aliphatic heterocycles. The second-order valence-corrected chi connectivity index (χ2v) is 6.73. The van der Waals surface area contributed by atoms with Gasteiger partial charge in [0.1, 0.15) is 11.9 Å². The summed E-state index contributed by atoms with van der Waals surface area (Å²) in [5.74, 6) is -2.72. The van der Waals surface area contributed by atoms with Gasteiger partial charge in [-0.3, -0.25) is 0 Å². The van der Waals surface area contributed by atoms with Gasteiger partial charge in [-0.1, -0.05) is 60.7 Å². The number of ether oxygens (including phenoxy) is 1. The maximum absolute atomic E-state index is 9.10. The summed E-state index contributed by atoms with van der Waals surface area (Å²) in [4.78, 5) is 20.4. The van der Waals surface area contributed by atoms with Crippen molar-refractivity contribution in [3.63, 3.8) is 0 Å². The molecule has 152 valence electrons. The highest BCUT2D eigenvalue weighted by atomic mass is 16.5. The van der Waals surface area contributed by atoms with E-state index in [4.69, 9.17) is 24.5 Å². The zero-order valence-electron chi connectivity index (χ0n) is 16.5. The van der Waals surface area contributed by atoms with E-state index in [9.17, 15) is 0 Å². The third kappa shape index (κ3) is 7.27. The second-order valence-electron chi connectivity index (χ2n) is 6.73. The van der Waals surface area contributed by atoms with Crippen LogP contribution in [0, 0.1) is 0 Å². The van der Waals surface area contributed by atoms with Gasteiger partial charge in [0.15, 0.2) is 0 Å². The van der Waals surface area contributed by atoms with Gasteiger partial charge in [0.05, 0.1) is 0 Å². The van der Waals surface area contributed by atoms with Gasteiger partial charge in [-0.25, -0.2) is 9.59 Å². The van der Waals surface area contributed by atoms with E-state index in [0.717, 1.165) is 18.7 Å². The van der Waals surface area contributed by atoms with Crippen LogP contribution < -0.4 is 4.74 Å². The first-order chi connectivity index (χ1) is 13.9. The molecular weight excluding hydrogens is 370 g/mol. The van der Waals surface area contributed by atoms with E-state index in [1.54, 1.807) is 0 Å². The number of benzene rings is 3. The van der Waals surface area contributed by atoms with Crippen LogP contribution in [0.2, 0.25) is 0 Å². The Morgan fingerprint density at radius 3 is 2.03 bits per heavy atom. The number of nitrogens with zero attached hydrogens (tertiary/aromatic N) is 1. The summed E-state index contributed by atoms with van der Waals surface area (Å²) in [7, 11) is 4.19. The molecule has 0 aliphatic rings. The molecule has 0 radical (unpaired) electrons. The molecule has 3 rings (SSSR count).